The third-order valence-corrected chi connectivity index (χ3v) is 1.30. The first kappa shape index (κ1) is 18.4. The van der Waals surface area contributed by atoms with E-state index in [9.17, 15) is 0 Å². The molecule has 8 heteroatoms. The average Bonchev–Trinajstić information content (AvgIpc) is 1.98. The zero-order valence-corrected chi connectivity index (χ0v) is 16.1. The van der Waals surface area contributed by atoms with Crippen LogP contribution in [0.2, 0.25) is 0 Å². The normalized spacial score (nSPS) is 15.0. The molecule has 0 spiro atoms. The van der Waals surface area contributed by atoms with Gasteiger partial charge in [-0.05, 0) is 0 Å². The first-order chi connectivity index (χ1) is 7.24. The second-order valence-corrected chi connectivity index (χ2v) is 60.4. The molecule has 0 aliphatic rings. The van der Waals surface area contributed by atoms with Crippen LogP contribution in [0.1, 0.15) is 5.56 Å². The Balaban J connectivity index is 0.000000325. The van der Waals surface area contributed by atoms with Crippen molar-refractivity contribution in [3.05, 3.63) is 35.9 Å². The van der Waals surface area contributed by atoms with Crippen LogP contribution in [0.3, 0.4) is 0 Å². The average molecular weight is 469 g/mol. The van der Waals surface area contributed by atoms with Crippen LogP contribution < -0.4 is 0 Å². The Morgan fingerprint density at radius 1 is 1.00 bits per heavy atom. The first-order valence-electron chi connectivity index (χ1n) is 4.36. The van der Waals surface area contributed by atoms with Crippen molar-refractivity contribution < 1.29 is 4.58 Å². The fourth-order valence-electron chi connectivity index (χ4n) is 0.895. The standard InChI is InChI=1S/C9H12N.6ClH.Sb/c1-10(2)8-9-6-4-3-5-7-9;;;;;;;/h3-7H,1,8H2,2H3;6*1H;/q+1;;;;;;;+5/p-6. The molecular weight excluding hydrogens is 457 g/mol. The summed E-state index contributed by atoms with van der Waals surface area (Å²) in [5, 5.41) is 0. The van der Waals surface area contributed by atoms with Gasteiger partial charge in [-0.15, -0.1) is 0 Å². The molecule has 0 radical (unpaired) electrons. The van der Waals surface area contributed by atoms with Gasteiger partial charge in [0.1, 0.15) is 13.8 Å². The Morgan fingerprint density at radius 2 is 1.35 bits per heavy atom. The zero-order chi connectivity index (χ0) is 13.8. The summed E-state index contributed by atoms with van der Waals surface area (Å²) in [6.45, 7) is 4.68. The third-order valence-electron chi connectivity index (χ3n) is 1.30. The summed E-state index contributed by atoms with van der Waals surface area (Å²) in [7, 11) is 26.9. The molecule has 0 saturated heterocycles. The minimum atomic E-state index is -5.42. The van der Waals surface area contributed by atoms with Gasteiger partial charge >= 0.3 is 62.1 Å². The second kappa shape index (κ2) is 5.83. The predicted molar refractivity (Wildman–Crippen MR) is 84.3 cm³/mol. The van der Waals surface area contributed by atoms with Crippen molar-refractivity contribution in [1.29, 1.82) is 0 Å². The van der Waals surface area contributed by atoms with Gasteiger partial charge in [0.15, 0.2) is 6.54 Å². The molecule has 0 aromatic heterocycles. The van der Waals surface area contributed by atoms with Gasteiger partial charge in [0, 0.05) is 5.56 Å². The van der Waals surface area contributed by atoms with Gasteiger partial charge in [0.05, 0.1) is 0 Å². The molecule has 0 bridgehead atoms. The molecule has 1 rings (SSSR count). The summed E-state index contributed by atoms with van der Waals surface area (Å²) in [5.74, 6) is 0. The Morgan fingerprint density at radius 3 is 1.65 bits per heavy atom. The summed E-state index contributed by atoms with van der Waals surface area (Å²) in [6, 6.07) is 10.3. The molecule has 0 aliphatic carbocycles. The van der Waals surface area contributed by atoms with Crippen LogP contribution in [0.15, 0.2) is 30.3 Å². The minimum absolute atomic E-state index is 0.918. The van der Waals surface area contributed by atoms with Crippen molar-refractivity contribution in [2.45, 2.75) is 6.54 Å². The Labute approximate surface area is 121 Å². The van der Waals surface area contributed by atoms with Crippen molar-refractivity contribution in [3.63, 3.8) is 0 Å². The van der Waals surface area contributed by atoms with E-state index in [1.165, 1.54) is 5.56 Å². The van der Waals surface area contributed by atoms with Gasteiger partial charge in [0.2, 0.25) is 0 Å². The van der Waals surface area contributed by atoms with Crippen LogP contribution in [0.5, 0.6) is 0 Å². The maximum atomic E-state index is 5.06. The molecule has 1 nitrogen and oxygen atoms in total. The van der Waals surface area contributed by atoms with Crippen LogP contribution in [0.4, 0.5) is 0 Å². The van der Waals surface area contributed by atoms with Gasteiger partial charge < -0.3 is 0 Å². The number of benzene rings is 1. The van der Waals surface area contributed by atoms with E-state index in [0.717, 1.165) is 6.54 Å². The summed E-state index contributed by atoms with van der Waals surface area (Å²) in [4.78, 5) is 0. The molecule has 0 fully saturated rings. The van der Waals surface area contributed by atoms with Crippen molar-refractivity contribution in [3.8, 4) is 0 Å². The molecule has 0 N–H and O–H groups in total. The number of halogens is 6. The molecule has 1 aromatic rings. The van der Waals surface area contributed by atoms with Crippen LogP contribution in [0.25, 0.3) is 0 Å². The van der Waals surface area contributed by atoms with Crippen LogP contribution >= 0.6 is 53.0 Å². The van der Waals surface area contributed by atoms with Crippen LogP contribution in [-0.2, 0) is 6.54 Å². The van der Waals surface area contributed by atoms with E-state index in [4.69, 9.17) is 53.0 Å². The van der Waals surface area contributed by atoms with Crippen molar-refractivity contribution in [2.24, 2.45) is 0 Å². The molecule has 0 unspecified atom stereocenters. The Hall–Kier alpha value is 1.45. The molecule has 0 atom stereocenters. The summed E-state index contributed by atoms with van der Waals surface area (Å²) < 4.78 is 1.91. The van der Waals surface area contributed by atoms with Gasteiger partial charge in [-0.2, -0.15) is 0 Å². The molecular formula is C9H12Cl6NSb. The third kappa shape index (κ3) is 23.0. The number of hydrogen-bond acceptors (Lipinski definition) is 0. The molecule has 100 valence electrons. The van der Waals surface area contributed by atoms with Crippen molar-refractivity contribution in [1.82, 2.24) is 0 Å². The second-order valence-electron chi connectivity index (χ2n) is 3.46. The predicted octanol–water partition coefficient (Wildman–Crippen LogP) is 5.29. The molecule has 0 aliphatic heterocycles. The molecule has 1 aromatic carbocycles. The van der Waals surface area contributed by atoms with E-state index < -0.39 is 9.14 Å². The van der Waals surface area contributed by atoms with E-state index in [1.54, 1.807) is 0 Å². The van der Waals surface area contributed by atoms with Gasteiger partial charge in [0.25, 0.3) is 0 Å². The fraction of sp³-hybridized carbons (Fsp3) is 0.222. The molecule has 17 heavy (non-hydrogen) atoms. The van der Waals surface area contributed by atoms with Crippen LogP contribution in [-0.4, -0.2) is 27.5 Å². The van der Waals surface area contributed by atoms with Gasteiger partial charge in [-0.1, -0.05) is 30.3 Å². The number of hydrogen-bond donors (Lipinski definition) is 0. The molecule has 0 amide bonds. The SMILES string of the molecule is C=[N+](C)Cc1ccccc1.[Cl][Sb-]([Cl])([Cl])([Cl])([Cl])[Cl]. The zero-order valence-electron chi connectivity index (χ0n) is 8.96. The van der Waals surface area contributed by atoms with Crippen molar-refractivity contribution >= 4 is 68.8 Å². The first-order valence-corrected chi connectivity index (χ1v) is 23.8. The van der Waals surface area contributed by atoms with E-state index >= 15 is 0 Å². The topological polar surface area (TPSA) is 3.01 Å². The molecule has 0 saturated carbocycles. The summed E-state index contributed by atoms with van der Waals surface area (Å²) in [6.07, 6.45) is 0. The van der Waals surface area contributed by atoms with Crippen molar-refractivity contribution in [2.75, 3.05) is 7.05 Å². The number of nitrogens with zero attached hydrogens (tertiary/aromatic N) is 1. The fourth-order valence-corrected chi connectivity index (χ4v) is 0.895. The quantitative estimate of drug-likeness (QED) is 0.315. The summed E-state index contributed by atoms with van der Waals surface area (Å²) >= 11 is 0. The van der Waals surface area contributed by atoms with Crippen LogP contribution in [0, 0.1) is 0 Å². The van der Waals surface area contributed by atoms with E-state index in [2.05, 4.69) is 18.9 Å². The Kier molecular flexibility index (Phi) is 6.33. The van der Waals surface area contributed by atoms with Gasteiger partial charge in [-0.3, -0.25) is 0 Å². The number of rotatable bonds is 2. The van der Waals surface area contributed by atoms with E-state index in [-0.39, 0.29) is 0 Å². The van der Waals surface area contributed by atoms with Gasteiger partial charge in [-0.25, -0.2) is 4.58 Å². The molecule has 0 heterocycles. The van der Waals surface area contributed by atoms with E-state index in [0.29, 0.717) is 0 Å². The van der Waals surface area contributed by atoms with E-state index in [1.807, 2.05) is 29.8 Å². The summed E-state index contributed by atoms with van der Waals surface area (Å²) in [5.41, 5.74) is 1.31. The monoisotopic (exact) mass is 465 g/mol. The maximum absolute atomic E-state index is 5.42. The Bertz CT molecular complexity index is 370.